The van der Waals surface area contributed by atoms with E-state index in [2.05, 4.69) is 42.9 Å². The molecule has 3 N–H and O–H groups in total. The Labute approximate surface area is 186 Å². The number of pyridine rings is 2. The zero-order valence-corrected chi connectivity index (χ0v) is 18.0. The minimum absolute atomic E-state index is 0.333. The number of piperidine rings is 2. The van der Waals surface area contributed by atoms with Crippen LogP contribution >= 0.6 is 0 Å². The molecule has 0 aromatic carbocycles. The van der Waals surface area contributed by atoms with Crippen molar-refractivity contribution in [3.63, 3.8) is 0 Å². The third-order valence-corrected chi connectivity index (χ3v) is 7.35. The summed E-state index contributed by atoms with van der Waals surface area (Å²) < 4.78 is 5.15. The van der Waals surface area contributed by atoms with E-state index in [0.29, 0.717) is 47.6 Å². The van der Waals surface area contributed by atoms with Crippen molar-refractivity contribution >= 4 is 28.4 Å². The van der Waals surface area contributed by atoms with Gasteiger partial charge in [-0.15, -0.1) is 5.10 Å². The Bertz CT molecular complexity index is 1180. The molecule has 6 rings (SSSR count). The summed E-state index contributed by atoms with van der Waals surface area (Å²) in [6, 6.07) is 11.7. The highest BCUT2D eigenvalue weighted by Gasteiger charge is 2.64. The molecule has 32 heavy (non-hydrogen) atoms. The van der Waals surface area contributed by atoms with Crippen LogP contribution in [0.2, 0.25) is 0 Å². The van der Waals surface area contributed by atoms with Gasteiger partial charge >= 0.3 is 0 Å². The van der Waals surface area contributed by atoms with Crippen molar-refractivity contribution < 1.29 is 4.74 Å². The molecule has 0 bridgehead atoms. The minimum atomic E-state index is 0.333. The SMILES string of the molecule is COc1cc(Nc2cc3ncccc3c(NC3CC4CC5(CCC#N)CC(C3)N45)n2)[nH]n1. The molecule has 0 radical (unpaired) electrons. The predicted octanol–water partition coefficient (Wildman–Crippen LogP) is 3.57. The molecule has 3 fully saturated rings. The molecule has 0 amide bonds. The Morgan fingerprint density at radius 2 is 2.16 bits per heavy atom. The molecule has 6 heterocycles. The molecule has 3 saturated heterocycles. The smallest absolute Gasteiger partial charge is 0.234 e. The summed E-state index contributed by atoms with van der Waals surface area (Å²) in [6.45, 7) is 0. The summed E-state index contributed by atoms with van der Waals surface area (Å²) in [7, 11) is 1.59. The molecule has 9 nitrogen and oxygen atoms in total. The second-order valence-electron chi connectivity index (χ2n) is 9.19. The quantitative estimate of drug-likeness (QED) is 0.521. The van der Waals surface area contributed by atoms with Gasteiger partial charge in [-0.1, -0.05) is 0 Å². The molecule has 9 heteroatoms. The highest BCUT2D eigenvalue weighted by molar-refractivity contribution is 5.91. The number of aromatic nitrogens is 4. The molecule has 2 atom stereocenters. The van der Waals surface area contributed by atoms with Crippen LogP contribution in [0, 0.1) is 11.3 Å². The van der Waals surface area contributed by atoms with E-state index < -0.39 is 0 Å². The van der Waals surface area contributed by atoms with Gasteiger partial charge in [-0.2, -0.15) is 5.26 Å². The van der Waals surface area contributed by atoms with Crippen LogP contribution in [-0.2, 0) is 0 Å². The number of fused-ring (bicyclic) bond motifs is 1. The Morgan fingerprint density at radius 3 is 2.91 bits per heavy atom. The number of nitrogens with one attached hydrogen (secondary N) is 3. The largest absolute Gasteiger partial charge is 0.480 e. The van der Waals surface area contributed by atoms with Crippen molar-refractivity contribution in [1.82, 2.24) is 25.1 Å². The molecule has 2 unspecified atom stereocenters. The van der Waals surface area contributed by atoms with E-state index in [4.69, 9.17) is 15.0 Å². The molecule has 3 aromatic rings. The number of H-pyrrole nitrogens is 1. The van der Waals surface area contributed by atoms with E-state index in [1.54, 1.807) is 19.4 Å². The maximum atomic E-state index is 8.98. The average Bonchev–Trinajstić information content (AvgIpc) is 3.22. The molecule has 3 aromatic heterocycles. The maximum absolute atomic E-state index is 8.98. The number of nitrogens with zero attached hydrogens (tertiary/aromatic N) is 5. The Kier molecular flexibility index (Phi) is 4.43. The number of nitriles is 1. The van der Waals surface area contributed by atoms with Crippen molar-refractivity contribution in [2.75, 3.05) is 17.7 Å². The summed E-state index contributed by atoms with van der Waals surface area (Å²) in [5.41, 5.74) is 1.22. The number of methoxy groups -OCH3 is 1. The molecular weight excluding hydrogens is 404 g/mol. The van der Waals surface area contributed by atoms with Crippen LogP contribution in [0.3, 0.4) is 0 Å². The van der Waals surface area contributed by atoms with Gasteiger partial charge in [0.25, 0.3) is 0 Å². The van der Waals surface area contributed by atoms with Crippen LogP contribution in [0.1, 0.15) is 38.5 Å². The predicted molar refractivity (Wildman–Crippen MR) is 121 cm³/mol. The molecule has 0 spiro atoms. The number of anilines is 3. The van der Waals surface area contributed by atoms with Gasteiger partial charge < -0.3 is 15.4 Å². The van der Waals surface area contributed by atoms with Crippen LogP contribution in [-0.4, -0.2) is 55.8 Å². The zero-order chi connectivity index (χ0) is 21.7. The molecule has 3 aliphatic heterocycles. The molecule has 0 aliphatic carbocycles. The summed E-state index contributed by atoms with van der Waals surface area (Å²) in [5.74, 6) is 2.78. The summed E-state index contributed by atoms with van der Waals surface area (Å²) in [4.78, 5) is 12.1. The van der Waals surface area contributed by atoms with Crippen LogP contribution in [0.15, 0.2) is 30.5 Å². The lowest BCUT2D eigenvalue weighted by atomic mass is 9.57. The average molecular weight is 431 g/mol. The zero-order valence-electron chi connectivity index (χ0n) is 18.0. The van der Waals surface area contributed by atoms with Gasteiger partial charge in [0.05, 0.1) is 18.7 Å². The van der Waals surface area contributed by atoms with Crippen LogP contribution in [0.25, 0.3) is 10.9 Å². The van der Waals surface area contributed by atoms with E-state index >= 15 is 0 Å². The Hall–Kier alpha value is -3.38. The number of ether oxygens (including phenoxy) is 1. The van der Waals surface area contributed by atoms with Gasteiger partial charge in [-0.05, 0) is 44.2 Å². The van der Waals surface area contributed by atoms with Crippen LogP contribution in [0.4, 0.5) is 17.5 Å². The fraction of sp³-hybridized carbons (Fsp3) is 0.478. The third kappa shape index (κ3) is 3.06. The van der Waals surface area contributed by atoms with Gasteiger partial charge in [-0.25, -0.2) is 4.98 Å². The summed E-state index contributed by atoms with van der Waals surface area (Å²) >= 11 is 0. The molecule has 0 saturated carbocycles. The van der Waals surface area contributed by atoms with Crippen molar-refractivity contribution in [2.24, 2.45) is 0 Å². The van der Waals surface area contributed by atoms with Crippen molar-refractivity contribution in [3.8, 4) is 11.9 Å². The van der Waals surface area contributed by atoms with Gasteiger partial charge in [0.2, 0.25) is 5.88 Å². The lowest BCUT2D eigenvalue weighted by molar-refractivity contribution is -0.222. The van der Waals surface area contributed by atoms with Gasteiger partial charge in [0.1, 0.15) is 17.5 Å². The van der Waals surface area contributed by atoms with E-state index in [1.165, 1.54) is 12.8 Å². The van der Waals surface area contributed by atoms with Crippen molar-refractivity contribution in [2.45, 2.75) is 62.2 Å². The molecule has 164 valence electrons. The number of hydrogen-bond acceptors (Lipinski definition) is 8. The Morgan fingerprint density at radius 1 is 1.31 bits per heavy atom. The first-order valence-electron chi connectivity index (χ1n) is 11.2. The van der Waals surface area contributed by atoms with Crippen molar-refractivity contribution in [3.05, 3.63) is 30.5 Å². The van der Waals surface area contributed by atoms with Gasteiger partial charge in [0.15, 0.2) is 0 Å². The van der Waals surface area contributed by atoms with Gasteiger partial charge in [-0.3, -0.25) is 15.0 Å². The lowest BCUT2D eigenvalue weighted by Gasteiger charge is -2.74. The second kappa shape index (κ2) is 7.35. The maximum Gasteiger partial charge on any atom is 0.234 e. The first kappa shape index (κ1) is 19.3. The topological polar surface area (TPSA) is 115 Å². The first-order chi connectivity index (χ1) is 15.7. The van der Waals surface area contributed by atoms with E-state index in [1.807, 2.05) is 12.1 Å². The molecule has 3 aliphatic rings. The second-order valence-corrected chi connectivity index (χ2v) is 9.19. The number of hydrogen-bond donors (Lipinski definition) is 3. The van der Waals surface area contributed by atoms with E-state index in [9.17, 15) is 0 Å². The summed E-state index contributed by atoms with van der Waals surface area (Å²) in [6.07, 6.45) is 8.18. The highest BCUT2D eigenvalue weighted by atomic mass is 16.5. The third-order valence-electron chi connectivity index (χ3n) is 7.35. The standard InChI is InChI=1S/C23H26N8O/c1-32-21-11-20(29-30-21)27-19-10-18-17(4-2-7-25-18)22(28-19)26-14-8-15-12-23(5-3-6-24)13-16(9-14)31(15)23/h2,4,7,10-11,14-16H,3,5,8-9,12-13H2,1H3,(H3,26,27,28,29,30). The van der Waals surface area contributed by atoms with Crippen LogP contribution in [0.5, 0.6) is 5.88 Å². The fourth-order valence-corrected chi connectivity index (χ4v) is 6.16. The number of aromatic amines is 1. The highest BCUT2D eigenvalue weighted by Crippen LogP contribution is 2.58. The monoisotopic (exact) mass is 430 g/mol. The normalized spacial score (nSPS) is 28.2. The lowest BCUT2D eigenvalue weighted by Crippen LogP contribution is -2.81. The van der Waals surface area contributed by atoms with Crippen LogP contribution < -0.4 is 15.4 Å². The summed E-state index contributed by atoms with van der Waals surface area (Å²) in [5, 5.41) is 24.0. The van der Waals surface area contributed by atoms with E-state index in [0.717, 1.165) is 36.0 Å². The van der Waals surface area contributed by atoms with Gasteiger partial charge in [0, 0.05) is 53.8 Å². The minimum Gasteiger partial charge on any atom is -0.480 e. The van der Waals surface area contributed by atoms with Crippen molar-refractivity contribution in [1.29, 1.82) is 5.26 Å². The fourth-order valence-electron chi connectivity index (χ4n) is 6.16. The number of rotatable bonds is 7. The van der Waals surface area contributed by atoms with E-state index in [-0.39, 0.29) is 0 Å². The Balaban J connectivity index is 1.21. The molecular formula is C23H26N8O. The first-order valence-corrected chi connectivity index (χ1v) is 11.2.